The van der Waals surface area contributed by atoms with Crippen LogP contribution in [0.5, 0.6) is 5.75 Å². The Balaban J connectivity index is 1.86. The Morgan fingerprint density at radius 3 is 2.46 bits per heavy atom. The van der Waals surface area contributed by atoms with Crippen molar-refractivity contribution in [3.05, 3.63) is 70.6 Å². The zero-order valence-electron chi connectivity index (χ0n) is 16.2. The summed E-state index contributed by atoms with van der Waals surface area (Å²) in [5, 5.41) is 1.26. The number of nitrogens with zero attached hydrogens (tertiary/aromatic N) is 2. The average molecular weight is 376 g/mol. The number of piperidine rings is 1. The van der Waals surface area contributed by atoms with Crippen molar-refractivity contribution in [3.63, 3.8) is 0 Å². The van der Waals surface area contributed by atoms with Gasteiger partial charge in [0.1, 0.15) is 5.75 Å². The first-order valence-corrected chi connectivity index (χ1v) is 9.66. The lowest BCUT2D eigenvalue weighted by Crippen LogP contribution is -2.39. The van der Waals surface area contributed by atoms with Crippen molar-refractivity contribution in [1.82, 2.24) is 9.47 Å². The fourth-order valence-corrected chi connectivity index (χ4v) is 3.94. The summed E-state index contributed by atoms with van der Waals surface area (Å²) in [6.07, 6.45) is 3.85. The monoisotopic (exact) mass is 376 g/mol. The van der Waals surface area contributed by atoms with Crippen LogP contribution in [0.4, 0.5) is 0 Å². The van der Waals surface area contributed by atoms with Crippen LogP contribution in [-0.2, 0) is 0 Å². The number of likely N-dealkylation sites (tertiary alicyclic amines) is 1. The molecule has 0 aliphatic carbocycles. The van der Waals surface area contributed by atoms with Gasteiger partial charge in [-0.25, -0.2) is 0 Å². The lowest BCUT2D eigenvalue weighted by Gasteiger charge is -2.31. The third kappa shape index (κ3) is 3.28. The first-order chi connectivity index (χ1) is 13.6. The molecule has 0 bridgehead atoms. The van der Waals surface area contributed by atoms with Crippen molar-refractivity contribution in [2.75, 3.05) is 20.2 Å². The van der Waals surface area contributed by atoms with Crippen molar-refractivity contribution in [3.8, 4) is 11.4 Å². The third-order valence-electron chi connectivity index (χ3n) is 5.45. The number of aromatic nitrogens is 1. The maximum Gasteiger partial charge on any atom is 0.262 e. The summed E-state index contributed by atoms with van der Waals surface area (Å²) in [6, 6.07) is 14.6. The molecule has 1 amide bonds. The highest BCUT2D eigenvalue weighted by atomic mass is 16.5. The van der Waals surface area contributed by atoms with Gasteiger partial charge < -0.3 is 9.64 Å². The van der Waals surface area contributed by atoms with E-state index in [1.807, 2.05) is 47.4 Å². The molecule has 3 aromatic rings. The second kappa shape index (κ2) is 7.50. The molecule has 1 aromatic heterocycles. The minimum absolute atomic E-state index is 0.00925. The number of benzene rings is 2. The van der Waals surface area contributed by atoms with Crippen LogP contribution in [0.3, 0.4) is 0 Å². The Bertz CT molecular complexity index is 1070. The Hall–Kier alpha value is -3.08. The number of fused-ring (bicyclic) bond motifs is 1. The van der Waals surface area contributed by atoms with Crippen LogP contribution in [0.15, 0.2) is 59.5 Å². The number of ether oxygens (including phenoxy) is 1. The first kappa shape index (κ1) is 18.3. The van der Waals surface area contributed by atoms with Crippen LogP contribution >= 0.6 is 0 Å². The van der Waals surface area contributed by atoms with E-state index in [1.54, 1.807) is 23.9 Å². The SMILES string of the molecule is COc1ccc(-n2cc(C(=O)N3CCC[C@@H](C)C3)c3ccccc3c2=O)cc1. The van der Waals surface area contributed by atoms with E-state index >= 15 is 0 Å². The number of pyridine rings is 1. The minimum atomic E-state index is -0.135. The summed E-state index contributed by atoms with van der Waals surface area (Å²) in [7, 11) is 1.60. The molecule has 1 aliphatic heterocycles. The second-order valence-corrected chi connectivity index (χ2v) is 7.46. The van der Waals surface area contributed by atoms with E-state index < -0.39 is 0 Å². The van der Waals surface area contributed by atoms with Crippen LogP contribution in [0.1, 0.15) is 30.1 Å². The summed E-state index contributed by atoms with van der Waals surface area (Å²) >= 11 is 0. The molecule has 0 N–H and O–H groups in total. The van der Waals surface area contributed by atoms with E-state index in [1.165, 1.54) is 0 Å². The van der Waals surface area contributed by atoms with Crippen molar-refractivity contribution < 1.29 is 9.53 Å². The van der Waals surface area contributed by atoms with Crippen molar-refractivity contribution in [1.29, 1.82) is 0 Å². The van der Waals surface area contributed by atoms with Gasteiger partial charge in [-0.2, -0.15) is 0 Å². The van der Waals surface area contributed by atoms with E-state index in [9.17, 15) is 9.59 Å². The molecule has 0 saturated carbocycles. The lowest BCUT2D eigenvalue weighted by molar-refractivity contribution is 0.0684. The molecular formula is C23H24N2O3. The molecule has 4 rings (SSSR count). The van der Waals surface area contributed by atoms with Crippen LogP contribution in [0, 0.1) is 5.92 Å². The number of hydrogen-bond donors (Lipinski definition) is 0. The topological polar surface area (TPSA) is 51.5 Å². The summed E-state index contributed by atoms with van der Waals surface area (Å²) in [6.45, 7) is 3.70. The van der Waals surface area contributed by atoms with E-state index in [4.69, 9.17) is 4.74 Å². The molecule has 0 spiro atoms. The molecule has 1 atom stereocenters. The molecule has 0 radical (unpaired) electrons. The number of methoxy groups -OCH3 is 1. The smallest absolute Gasteiger partial charge is 0.262 e. The lowest BCUT2D eigenvalue weighted by atomic mass is 9.98. The number of hydrogen-bond acceptors (Lipinski definition) is 3. The molecule has 144 valence electrons. The molecule has 1 fully saturated rings. The summed E-state index contributed by atoms with van der Waals surface area (Å²) in [4.78, 5) is 28.4. The second-order valence-electron chi connectivity index (χ2n) is 7.46. The van der Waals surface area contributed by atoms with Crippen LogP contribution in [0.25, 0.3) is 16.5 Å². The predicted octanol–water partition coefficient (Wildman–Crippen LogP) is 3.87. The Kier molecular flexibility index (Phi) is 4.90. The molecule has 1 aliphatic rings. The van der Waals surface area contributed by atoms with Gasteiger partial charge >= 0.3 is 0 Å². The van der Waals surface area contributed by atoms with Crippen LogP contribution < -0.4 is 10.3 Å². The molecular weight excluding hydrogens is 352 g/mol. The number of carbonyl (C=O) groups excluding carboxylic acids is 1. The highest BCUT2D eigenvalue weighted by Gasteiger charge is 2.24. The fraction of sp³-hybridized carbons (Fsp3) is 0.304. The molecule has 2 aromatic carbocycles. The van der Waals surface area contributed by atoms with Gasteiger partial charge in [-0.3, -0.25) is 14.2 Å². The quantitative estimate of drug-likeness (QED) is 0.697. The van der Waals surface area contributed by atoms with Gasteiger partial charge in [0, 0.05) is 35.7 Å². The number of rotatable bonds is 3. The fourth-order valence-electron chi connectivity index (χ4n) is 3.94. The number of amides is 1. The maximum atomic E-state index is 13.3. The van der Waals surface area contributed by atoms with Gasteiger partial charge in [0.25, 0.3) is 11.5 Å². The van der Waals surface area contributed by atoms with E-state index in [0.29, 0.717) is 27.9 Å². The normalized spacial score (nSPS) is 16.9. The molecule has 28 heavy (non-hydrogen) atoms. The predicted molar refractivity (Wildman–Crippen MR) is 110 cm³/mol. The van der Waals surface area contributed by atoms with Gasteiger partial charge in [0.2, 0.25) is 0 Å². The molecule has 5 nitrogen and oxygen atoms in total. The summed E-state index contributed by atoms with van der Waals surface area (Å²) in [5.74, 6) is 1.21. The highest BCUT2D eigenvalue weighted by Crippen LogP contribution is 2.23. The zero-order chi connectivity index (χ0) is 19.7. The molecule has 1 saturated heterocycles. The standard InChI is InChI=1S/C23H24N2O3/c1-16-6-5-13-24(14-16)22(26)21-15-25(17-9-11-18(28-2)12-10-17)23(27)20-8-4-3-7-19(20)21/h3-4,7-12,15-16H,5-6,13-14H2,1-2H3/t16-/m1/s1. The van der Waals surface area contributed by atoms with Gasteiger partial charge in [0.05, 0.1) is 12.7 Å². The molecule has 0 unspecified atom stereocenters. The van der Waals surface area contributed by atoms with Crippen molar-refractivity contribution >= 4 is 16.7 Å². The van der Waals surface area contributed by atoms with Gasteiger partial charge in [-0.05, 0) is 49.1 Å². The molecule has 2 heterocycles. The zero-order valence-corrected chi connectivity index (χ0v) is 16.2. The average Bonchev–Trinajstić information content (AvgIpc) is 2.74. The van der Waals surface area contributed by atoms with Gasteiger partial charge in [0.15, 0.2) is 0 Å². The Morgan fingerprint density at radius 2 is 1.79 bits per heavy atom. The van der Waals surface area contributed by atoms with E-state index in [-0.39, 0.29) is 11.5 Å². The largest absolute Gasteiger partial charge is 0.497 e. The van der Waals surface area contributed by atoms with E-state index in [0.717, 1.165) is 31.7 Å². The Morgan fingerprint density at radius 1 is 1.07 bits per heavy atom. The van der Waals surface area contributed by atoms with Crippen molar-refractivity contribution in [2.24, 2.45) is 5.92 Å². The first-order valence-electron chi connectivity index (χ1n) is 9.66. The van der Waals surface area contributed by atoms with Gasteiger partial charge in [-0.1, -0.05) is 25.1 Å². The summed E-state index contributed by atoms with van der Waals surface area (Å²) in [5.41, 5.74) is 1.14. The number of carbonyl (C=O) groups is 1. The van der Waals surface area contributed by atoms with Crippen LogP contribution in [-0.4, -0.2) is 35.6 Å². The van der Waals surface area contributed by atoms with Crippen LogP contribution in [0.2, 0.25) is 0 Å². The maximum absolute atomic E-state index is 13.3. The van der Waals surface area contributed by atoms with Gasteiger partial charge in [-0.15, -0.1) is 0 Å². The third-order valence-corrected chi connectivity index (χ3v) is 5.45. The molecule has 5 heteroatoms. The minimum Gasteiger partial charge on any atom is -0.497 e. The Labute approximate surface area is 164 Å². The highest BCUT2D eigenvalue weighted by molar-refractivity contribution is 6.06. The summed E-state index contributed by atoms with van der Waals surface area (Å²) < 4.78 is 6.77. The van der Waals surface area contributed by atoms with Crippen molar-refractivity contribution in [2.45, 2.75) is 19.8 Å². The van der Waals surface area contributed by atoms with E-state index in [2.05, 4.69) is 6.92 Å².